The number of hydrogen-bond donors (Lipinski definition) is 1. The van der Waals surface area contributed by atoms with Gasteiger partial charge in [-0.3, -0.25) is 4.79 Å². The van der Waals surface area contributed by atoms with Crippen molar-refractivity contribution in [3.8, 4) is 0 Å². The van der Waals surface area contributed by atoms with Gasteiger partial charge in [-0.1, -0.05) is 6.07 Å². The van der Waals surface area contributed by atoms with E-state index in [2.05, 4.69) is 5.32 Å². The predicted molar refractivity (Wildman–Crippen MR) is 89.3 cm³/mol. The first-order valence-electron chi connectivity index (χ1n) is 7.89. The Hall–Kier alpha value is -2.96. The van der Waals surface area contributed by atoms with Crippen LogP contribution in [0, 0.1) is 11.6 Å². The van der Waals surface area contributed by atoms with Crippen LogP contribution in [0.25, 0.3) is 0 Å². The third-order valence-electron chi connectivity index (χ3n) is 4.02. The summed E-state index contributed by atoms with van der Waals surface area (Å²) in [4.78, 5) is 27.7. The summed E-state index contributed by atoms with van der Waals surface area (Å²) in [6.45, 7) is 1.47. The number of urea groups is 1. The van der Waals surface area contributed by atoms with Crippen LogP contribution in [0.1, 0.15) is 10.4 Å². The summed E-state index contributed by atoms with van der Waals surface area (Å²) in [5, 5.41) is 2.69. The monoisotopic (exact) mass is 345 g/mol. The number of piperazine rings is 1. The Morgan fingerprint density at radius 1 is 0.840 bits per heavy atom. The predicted octanol–water partition coefficient (Wildman–Crippen LogP) is 2.95. The van der Waals surface area contributed by atoms with E-state index in [1.54, 1.807) is 15.9 Å². The number of nitrogens with zero attached hydrogens (tertiary/aromatic N) is 2. The number of rotatable bonds is 2. The molecule has 1 heterocycles. The number of hydrogen-bond acceptors (Lipinski definition) is 2. The van der Waals surface area contributed by atoms with Crippen molar-refractivity contribution in [2.75, 3.05) is 31.5 Å². The van der Waals surface area contributed by atoms with E-state index in [4.69, 9.17) is 0 Å². The Balaban J connectivity index is 1.55. The van der Waals surface area contributed by atoms with Crippen molar-refractivity contribution in [3.05, 3.63) is 65.7 Å². The fourth-order valence-corrected chi connectivity index (χ4v) is 2.65. The van der Waals surface area contributed by atoms with Crippen LogP contribution in [0.2, 0.25) is 0 Å². The maximum atomic E-state index is 13.2. The van der Waals surface area contributed by atoms with Crippen LogP contribution >= 0.6 is 0 Å². The molecule has 130 valence electrons. The van der Waals surface area contributed by atoms with E-state index in [9.17, 15) is 18.4 Å². The van der Waals surface area contributed by atoms with Crippen molar-refractivity contribution in [3.63, 3.8) is 0 Å². The van der Waals surface area contributed by atoms with Gasteiger partial charge in [-0.25, -0.2) is 13.6 Å². The summed E-state index contributed by atoms with van der Waals surface area (Å²) in [5.41, 5.74) is 0.800. The third-order valence-corrected chi connectivity index (χ3v) is 4.02. The standard InChI is InChI=1S/C18H17F2N3O2/c19-14-4-6-16(7-5-14)21-18(25)23-10-8-22(9-11-23)17(24)13-2-1-3-15(20)12-13/h1-7,12H,8-11H2,(H,21,25). The molecule has 0 bridgehead atoms. The van der Waals surface area contributed by atoms with E-state index in [1.807, 2.05) is 0 Å². The van der Waals surface area contributed by atoms with E-state index in [0.717, 1.165) is 0 Å². The lowest BCUT2D eigenvalue weighted by Crippen LogP contribution is -2.51. The zero-order valence-corrected chi connectivity index (χ0v) is 13.4. The second-order valence-electron chi connectivity index (χ2n) is 5.73. The molecule has 0 aromatic heterocycles. The Morgan fingerprint density at radius 3 is 2.12 bits per heavy atom. The van der Waals surface area contributed by atoms with Crippen molar-refractivity contribution < 1.29 is 18.4 Å². The van der Waals surface area contributed by atoms with Gasteiger partial charge in [0, 0.05) is 37.4 Å². The summed E-state index contributed by atoms with van der Waals surface area (Å²) in [7, 11) is 0. The summed E-state index contributed by atoms with van der Waals surface area (Å²) < 4.78 is 26.1. The van der Waals surface area contributed by atoms with Crippen LogP contribution in [0.15, 0.2) is 48.5 Å². The minimum atomic E-state index is -0.455. The lowest BCUT2D eigenvalue weighted by atomic mass is 10.2. The van der Waals surface area contributed by atoms with Gasteiger partial charge in [0.1, 0.15) is 11.6 Å². The number of benzene rings is 2. The van der Waals surface area contributed by atoms with Crippen molar-refractivity contribution >= 4 is 17.6 Å². The topological polar surface area (TPSA) is 52.7 Å². The van der Waals surface area contributed by atoms with E-state index in [1.165, 1.54) is 42.5 Å². The number of halogens is 2. The zero-order chi connectivity index (χ0) is 17.8. The molecule has 0 atom stereocenters. The van der Waals surface area contributed by atoms with Gasteiger partial charge in [0.2, 0.25) is 0 Å². The molecule has 3 rings (SSSR count). The average Bonchev–Trinajstić information content (AvgIpc) is 2.63. The quantitative estimate of drug-likeness (QED) is 0.910. The number of amides is 3. The highest BCUT2D eigenvalue weighted by Crippen LogP contribution is 2.13. The fourth-order valence-electron chi connectivity index (χ4n) is 2.65. The molecule has 1 aliphatic rings. The van der Waals surface area contributed by atoms with Gasteiger partial charge in [0.05, 0.1) is 0 Å². The number of nitrogens with one attached hydrogen (secondary N) is 1. The first-order valence-corrected chi connectivity index (χ1v) is 7.89. The normalized spacial score (nSPS) is 14.3. The fraction of sp³-hybridized carbons (Fsp3) is 0.222. The Bertz CT molecular complexity index is 772. The minimum absolute atomic E-state index is 0.252. The molecule has 2 aromatic rings. The number of anilines is 1. The molecule has 25 heavy (non-hydrogen) atoms. The highest BCUT2D eigenvalue weighted by Gasteiger charge is 2.25. The second-order valence-corrected chi connectivity index (χ2v) is 5.73. The smallest absolute Gasteiger partial charge is 0.321 e. The molecular weight excluding hydrogens is 328 g/mol. The van der Waals surface area contributed by atoms with Gasteiger partial charge in [0.15, 0.2) is 0 Å². The molecule has 2 aromatic carbocycles. The van der Waals surface area contributed by atoms with Crippen LogP contribution in [0.3, 0.4) is 0 Å². The molecule has 0 spiro atoms. The third kappa shape index (κ3) is 4.12. The Kier molecular flexibility index (Phi) is 4.92. The van der Waals surface area contributed by atoms with E-state index in [-0.39, 0.29) is 17.8 Å². The van der Waals surface area contributed by atoms with Crippen molar-refractivity contribution in [1.29, 1.82) is 0 Å². The van der Waals surface area contributed by atoms with Gasteiger partial charge in [-0.2, -0.15) is 0 Å². The molecule has 1 saturated heterocycles. The SMILES string of the molecule is O=C(Nc1ccc(F)cc1)N1CCN(C(=O)c2cccc(F)c2)CC1. The van der Waals surface area contributed by atoms with Crippen molar-refractivity contribution in [1.82, 2.24) is 9.80 Å². The molecule has 3 amide bonds. The maximum Gasteiger partial charge on any atom is 0.321 e. The Labute approximate surface area is 143 Å². The van der Waals surface area contributed by atoms with Gasteiger partial charge in [-0.05, 0) is 42.5 Å². The molecule has 0 saturated carbocycles. The second kappa shape index (κ2) is 7.29. The van der Waals surface area contributed by atoms with Crippen molar-refractivity contribution in [2.24, 2.45) is 0 Å². The van der Waals surface area contributed by atoms with Gasteiger partial charge in [-0.15, -0.1) is 0 Å². The van der Waals surface area contributed by atoms with E-state index < -0.39 is 5.82 Å². The molecular formula is C18H17F2N3O2. The highest BCUT2D eigenvalue weighted by atomic mass is 19.1. The number of carbonyl (C=O) groups is 2. The van der Waals surface area contributed by atoms with Crippen molar-refractivity contribution in [2.45, 2.75) is 0 Å². The molecule has 1 aliphatic heterocycles. The highest BCUT2D eigenvalue weighted by molar-refractivity contribution is 5.94. The van der Waals surface area contributed by atoms with Crippen LogP contribution < -0.4 is 5.32 Å². The molecule has 1 fully saturated rings. The zero-order valence-electron chi connectivity index (χ0n) is 13.4. The van der Waals surface area contributed by atoms with Crippen LogP contribution in [-0.4, -0.2) is 47.9 Å². The lowest BCUT2D eigenvalue weighted by molar-refractivity contribution is 0.0671. The van der Waals surface area contributed by atoms with E-state index >= 15 is 0 Å². The molecule has 0 radical (unpaired) electrons. The van der Waals surface area contributed by atoms with E-state index in [0.29, 0.717) is 37.4 Å². The minimum Gasteiger partial charge on any atom is -0.335 e. The average molecular weight is 345 g/mol. The largest absolute Gasteiger partial charge is 0.335 e. The first kappa shape index (κ1) is 16.9. The van der Waals surface area contributed by atoms with Gasteiger partial charge < -0.3 is 15.1 Å². The van der Waals surface area contributed by atoms with Crippen LogP contribution in [0.5, 0.6) is 0 Å². The number of carbonyl (C=O) groups excluding carboxylic acids is 2. The maximum absolute atomic E-state index is 13.2. The van der Waals surface area contributed by atoms with Gasteiger partial charge in [0.25, 0.3) is 5.91 Å². The molecule has 0 aliphatic carbocycles. The van der Waals surface area contributed by atoms with Crippen LogP contribution in [-0.2, 0) is 0 Å². The Morgan fingerprint density at radius 2 is 1.48 bits per heavy atom. The van der Waals surface area contributed by atoms with Gasteiger partial charge >= 0.3 is 6.03 Å². The summed E-state index contributed by atoms with van der Waals surface area (Å²) in [6.07, 6.45) is 0. The summed E-state index contributed by atoms with van der Waals surface area (Å²) in [5.74, 6) is -1.08. The molecule has 7 heteroatoms. The summed E-state index contributed by atoms with van der Waals surface area (Å²) >= 11 is 0. The molecule has 0 unspecified atom stereocenters. The van der Waals surface area contributed by atoms with Crippen LogP contribution in [0.4, 0.5) is 19.3 Å². The molecule has 5 nitrogen and oxygen atoms in total. The first-order chi connectivity index (χ1) is 12.0. The molecule has 1 N–H and O–H groups in total. The summed E-state index contributed by atoms with van der Waals surface area (Å²) in [6, 6.07) is 10.8. The lowest BCUT2D eigenvalue weighted by Gasteiger charge is -2.34.